The molecule has 0 bridgehead atoms. The predicted octanol–water partition coefficient (Wildman–Crippen LogP) is 1.28. The van der Waals surface area contributed by atoms with Gasteiger partial charge < -0.3 is 10.5 Å². The maximum atomic E-state index is 6.12. The van der Waals surface area contributed by atoms with Gasteiger partial charge in [-0.1, -0.05) is 11.6 Å². The second-order valence-corrected chi connectivity index (χ2v) is 4.68. The van der Waals surface area contributed by atoms with Gasteiger partial charge in [-0.3, -0.25) is 9.88 Å². The normalized spacial score (nSPS) is 21.6. The van der Waals surface area contributed by atoms with Crippen molar-refractivity contribution in [1.29, 1.82) is 0 Å². The third-order valence-corrected chi connectivity index (χ3v) is 3.32. The molecule has 94 valence electrons. The van der Waals surface area contributed by atoms with Gasteiger partial charge in [-0.2, -0.15) is 0 Å². The van der Waals surface area contributed by atoms with Crippen LogP contribution in [-0.2, 0) is 11.3 Å². The third kappa shape index (κ3) is 3.64. The van der Waals surface area contributed by atoms with Gasteiger partial charge in [-0.15, -0.1) is 0 Å². The molecule has 1 aliphatic heterocycles. The molecule has 1 aromatic rings. The molecule has 1 fully saturated rings. The van der Waals surface area contributed by atoms with Gasteiger partial charge >= 0.3 is 0 Å². The Morgan fingerprint density at radius 1 is 1.59 bits per heavy atom. The monoisotopic (exact) mass is 255 g/mol. The van der Waals surface area contributed by atoms with Crippen molar-refractivity contribution in [3.8, 4) is 0 Å². The van der Waals surface area contributed by atoms with Gasteiger partial charge in [0.1, 0.15) is 0 Å². The lowest BCUT2D eigenvalue weighted by molar-refractivity contribution is -0.0335. The maximum Gasteiger partial charge on any atom is 0.0714 e. The number of hydrogen-bond donors (Lipinski definition) is 1. The molecule has 1 aromatic heterocycles. The van der Waals surface area contributed by atoms with Crippen LogP contribution in [0, 0.1) is 0 Å². The molecule has 5 heteroatoms. The molecule has 1 atom stereocenters. The first-order valence-electron chi connectivity index (χ1n) is 5.92. The molecule has 1 unspecified atom stereocenters. The number of nitrogens with zero attached hydrogens (tertiary/aromatic N) is 2. The van der Waals surface area contributed by atoms with E-state index in [-0.39, 0.29) is 6.10 Å². The smallest absolute Gasteiger partial charge is 0.0714 e. The van der Waals surface area contributed by atoms with Crippen LogP contribution in [0.5, 0.6) is 0 Å². The van der Waals surface area contributed by atoms with Gasteiger partial charge in [0.15, 0.2) is 0 Å². The van der Waals surface area contributed by atoms with Crippen LogP contribution in [-0.4, -0.2) is 42.2 Å². The highest BCUT2D eigenvalue weighted by Crippen LogP contribution is 2.17. The Labute approximate surface area is 107 Å². The number of pyridine rings is 1. The highest BCUT2D eigenvalue weighted by molar-refractivity contribution is 6.31. The fourth-order valence-electron chi connectivity index (χ4n) is 2.05. The standard InChI is InChI=1S/C12H18ClN3O/c13-12-2-4-15-7-10(12)8-16-5-6-17-11(9-16)1-3-14/h2,4,7,11H,1,3,5-6,8-9,14H2. The molecule has 0 amide bonds. The zero-order valence-electron chi connectivity index (χ0n) is 9.81. The molecule has 0 aliphatic carbocycles. The molecule has 1 saturated heterocycles. The van der Waals surface area contributed by atoms with Gasteiger partial charge in [0, 0.05) is 42.6 Å². The summed E-state index contributed by atoms with van der Waals surface area (Å²) in [5, 5.41) is 0.780. The molecule has 2 heterocycles. The van der Waals surface area contributed by atoms with E-state index in [1.54, 1.807) is 6.20 Å². The van der Waals surface area contributed by atoms with Crippen molar-refractivity contribution in [2.24, 2.45) is 5.73 Å². The molecule has 2 N–H and O–H groups in total. The fraction of sp³-hybridized carbons (Fsp3) is 0.583. The number of nitrogens with two attached hydrogens (primary N) is 1. The van der Waals surface area contributed by atoms with Crippen molar-refractivity contribution < 1.29 is 4.74 Å². The summed E-state index contributed by atoms with van der Waals surface area (Å²) < 4.78 is 5.65. The van der Waals surface area contributed by atoms with E-state index in [0.717, 1.165) is 43.2 Å². The summed E-state index contributed by atoms with van der Waals surface area (Å²) in [6.07, 6.45) is 4.71. The van der Waals surface area contributed by atoms with Crippen LogP contribution in [0.4, 0.5) is 0 Å². The molecule has 0 aromatic carbocycles. The average Bonchev–Trinajstić information content (AvgIpc) is 2.33. The molecule has 17 heavy (non-hydrogen) atoms. The topological polar surface area (TPSA) is 51.4 Å². The number of halogens is 1. The van der Waals surface area contributed by atoms with Crippen LogP contribution in [0.25, 0.3) is 0 Å². The van der Waals surface area contributed by atoms with Crippen molar-refractivity contribution in [1.82, 2.24) is 9.88 Å². The molecule has 0 spiro atoms. The summed E-state index contributed by atoms with van der Waals surface area (Å²) in [5.74, 6) is 0. The Morgan fingerprint density at radius 3 is 3.24 bits per heavy atom. The largest absolute Gasteiger partial charge is 0.376 e. The van der Waals surface area contributed by atoms with E-state index in [1.165, 1.54) is 0 Å². The third-order valence-electron chi connectivity index (χ3n) is 2.95. The van der Waals surface area contributed by atoms with E-state index in [1.807, 2.05) is 12.3 Å². The molecule has 4 nitrogen and oxygen atoms in total. The van der Waals surface area contributed by atoms with E-state index in [2.05, 4.69) is 9.88 Å². The first kappa shape index (κ1) is 12.8. The molecule has 1 aliphatic rings. The molecular weight excluding hydrogens is 238 g/mol. The second kappa shape index (κ2) is 6.31. The fourth-order valence-corrected chi connectivity index (χ4v) is 2.22. The van der Waals surface area contributed by atoms with Crippen molar-refractivity contribution >= 4 is 11.6 Å². The maximum absolute atomic E-state index is 6.12. The minimum atomic E-state index is 0.254. The molecule has 0 saturated carbocycles. The van der Waals surface area contributed by atoms with Crippen molar-refractivity contribution in [3.63, 3.8) is 0 Å². The lowest BCUT2D eigenvalue weighted by Crippen LogP contribution is -2.42. The van der Waals surface area contributed by atoms with Crippen LogP contribution in [0.3, 0.4) is 0 Å². The van der Waals surface area contributed by atoms with Crippen LogP contribution in [0.2, 0.25) is 5.02 Å². The number of aromatic nitrogens is 1. The van der Waals surface area contributed by atoms with Crippen LogP contribution in [0.15, 0.2) is 18.5 Å². The Balaban J connectivity index is 1.92. The summed E-state index contributed by atoms with van der Waals surface area (Å²) in [7, 11) is 0. The van der Waals surface area contributed by atoms with Crippen LogP contribution in [0.1, 0.15) is 12.0 Å². The Morgan fingerprint density at radius 2 is 2.47 bits per heavy atom. The highest BCUT2D eigenvalue weighted by atomic mass is 35.5. The van der Waals surface area contributed by atoms with Gasteiger partial charge in [0.2, 0.25) is 0 Å². The lowest BCUT2D eigenvalue weighted by Gasteiger charge is -2.32. The summed E-state index contributed by atoms with van der Waals surface area (Å²) in [4.78, 5) is 6.44. The Bertz CT molecular complexity index is 359. The molecular formula is C12H18ClN3O. The Kier molecular flexibility index (Phi) is 4.74. The van der Waals surface area contributed by atoms with Crippen LogP contribution >= 0.6 is 11.6 Å². The Hall–Kier alpha value is -0.680. The average molecular weight is 256 g/mol. The summed E-state index contributed by atoms with van der Waals surface area (Å²) in [6, 6.07) is 1.83. The minimum absolute atomic E-state index is 0.254. The van der Waals surface area contributed by atoms with E-state index < -0.39 is 0 Å². The van der Waals surface area contributed by atoms with Crippen LogP contribution < -0.4 is 5.73 Å². The predicted molar refractivity (Wildman–Crippen MR) is 67.9 cm³/mol. The van der Waals surface area contributed by atoms with Gasteiger partial charge in [-0.05, 0) is 19.0 Å². The lowest BCUT2D eigenvalue weighted by atomic mass is 10.2. The van der Waals surface area contributed by atoms with Crippen molar-refractivity contribution in [2.75, 3.05) is 26.2 Å². The zero-order chi connectivity index (χ0) is 12.1. The molecule has 2 rings (SSSR count). The number of ether oxygens (including phenoxy) is 1. The van der Waals surface area contributed by atoms with Gasteiger partial charge in [0.25, 0.3) is 0 Å². The molecule has 0 radical (unpaired) electrons. The second-order valence-electron chi connectivity index (χ2n) is 4.27. The van der Waals surface area contributed by atoms with Crippen molar-refractivity contribution in [2.45, 2.75) is 19.1 Å². The SMILES string of the molecule is NCCC1CN(Cc2cnccc2Cl)CCO1. The minimum Gasteiger partial charge on any atom is -0.376 e. The number of morpholine rings is 1. The first-order chi connectivity index (χ1) is 8.29. The summed E-state index contributed by atoms with van der Waals surface area (Å²) in [6.45, 7) is 4.13. The van der Waals surface area contributed by atoms with Gasteiger partial charge in [0.05, 0.1) is 12.7 Å². The quantitative estimate of drug-likeness (QED) is 0.881. The van der Waals surface area contributed by atoms with E-state index in [4.69, 9.17) is 22.1 Å². The zero-order valence-corrected chi connectivity index (χ0v) is 10.6. The van der Waals surface area contributed by atoms with E-state index in [9.17, 15) is 0 Å². The first-order valence-corrected chi connectivity index (χ1v) is 6.30. The summed E-state index contributed by atoms with van der Waals surface area (Å²) in [5.41, 5.74) is 6.62. The van der Waals surface area contributed by atoms with E-state index in [0.29, 0.717) is 6.54 Å². The van der Waals surface area contributed by atoms with E-state index >= 15 is 0 Å². The highest BCUT2D eigenvalue weighted by Gasteiger charge is 2.20. The summed E-state index contributed by atoms with van der Waals surface area (Å²) >= 11 is 6.12. The van der Waals surface area contributed by atoms with Crippen molar-refractivity contribution in [3.05, 3.63) is 29.0 Å². The van der Waals surface area contributed by atoms with Gasteiger partial charge in [-0.25, -0.2) is 0 Å². The number of hydrogen-bond acceptors (Lipinski definition) is 4. The number of rotatable bonds is 4.